The van der Waals surface area contributed by atoms with Crippen molar-refractivity contribution in [2.75, 3.05) is 0 Å². The topological polar surface area (TPSA) is 121 Å². The Kier molecular flexibility index (Phi) is 4.65. The quantitative estimate of drug-likeness (QED) is 0.357. The van der Waals surface area contributed by atoms with Crippen LogP contribution in [0.5, 0.6) is 0 Å². The van der Waals surface area contributed by atoms with Crippen molar-refractivity contribution in [1.29, 1.82) is 0 Å². The van der Waals surface area contributed by atoms with Crippen LogP contribution >= 0.6 is 0 Å². The Morgan fingerprint density at radius 1 is 0.943 bits per heavy atom. The average molecular weight is 463 g/mol. The molecule has 0 saturated heterocycles. The second-order valence-electron chi connectivity index (χ2n) is 8.54. The van der Waals surface area contributed by atoms with Gasteiger partial charge in [0.05, 0.1) is 33.6 Å². The molecule has 8 nitrogen and oxygen atoms in total. The van der Waals surface area contributed by atoms with Gasteiger partial charge < -0.3 is 19.6 Å². The summed E-state index contributed by atoms with van der Waals surface area (Å²) in [5, 5.41) is 17.6. The molecule has 3 N–H and O–H groups in total. The number of aromatic amines is 2. The van der Waals surface area contributed by atoms with E-state index >= 15 is 0 Å². The second-order valence-corrected chi connectivity index (χ2v) is 8.54. The van der Waals surface area contributed by atoms with E-state index in [4.69, 9.17) is 9.51 Å². The minimum atomic E-state index is -1.77. The van der Waals surface area contributed by atoms with E-state index in [2.05, 4.69) is 20.1 Å². The first kappa shape index (κ1) is 21.0. The summed E-state index contributed by atoms with van der Waals surface area (Å²) in [6.45, 7) is 3.68. The van der Waals surface area contributed by atoms with Crippen LogP contribution in [0.3, 0.4) is 0 Å². The molecular weight excluding hydrogens is 442 g/mol. The highest BCUT2D eigenvalue weighted by atomic mass is 16.5. The number of fused-ring (bicyclic) bond motifs is 2. The van der Waals surface area contributed by atoms with Crippen LogP contribution in [0.25, 0.3) is 33.1 Å². The summed E-state index contributed by atoms with van der Waals surface area (Å²) in [6.07, 6.45) is 1.62. The molecule has 6 aromatic rings. The van der Waals surface area contributed by atoms with E-state index in [9.17, 15) is 9.90 Å². The molecule has 0 bridgehead atoms. The molecule has 1 atom stereocenters. The number of aromatic nitrogens is 5. The summed E-state index contributed by atoms with van der Waals surface area (Å²) in [6, 6.07) is 20.4. The van der Waals surface area contributed by atoms with E-state index in [0.29, 0.717) is 39.4 Å². The highest BCUT2D eigenvalue weighted by Gasteiger charge is 2.39. The molecule has 0 aliphatic carbocycles. The highest BCUT2D eigenvalue weighted by Crippen LogP contribution is 2.41. The van der Waals surface area contributed by atoms with Gasteiger partial charge in [-0.25, -0.2) is 9.78 Å². The maximum atomic E-state index is 12.6. The van der Waals surface area contributed by atoms with Crippen LogP contribution in [0.1, 0.15) is 28.4 Å². The van der Waals surface area contributed by atoms with E-state index in [-0.39, 0.29) is 5.69 Å². The van der Waals surface area contributed by atoms with E-state index in [1.54, 1.807) is 24.4 Å². The summed E-state index contributed by atoms with van der Waals surface area (Å²) in [5.74, 6) is 0.635. The molecule has 0 radical (unpaired) electrons. The minimum Gasteiger partial charge on any atom is -0.373 e. The van der Waals surface area contributed by atoms with Gasteiger partial charge in [0.2, 0.25) is 0 Å². The van der Waals surface area contributed by atoms with Gasteiger partial charge in [0.1, 0.15) is 5.76 Å². The lowest BCUT2D eigenvalue weighted by Crippen LogP contribution is -2.31. The number of nitrogens with zero attached hydrogens (tertiary/aromatic N) is 3. The minimum absolute atomic E-state index is 0.377. The summed E-state index contributed by atoms with van der Waals surface area (Å²) >= 11 is 0. The zero-order valence-corrected chi connectivity index (χ0v) is 19.0. The number of H-pyrrole nitrogens is 2. The van der Waals surface area contributed by atoms with Crippen LogP contribution in [0.4, 0.5) is 0 Å². The van der Waals surface area contributed by atoms with Gasteiger partial charge in [-0.3, -0.25) is 4.98 Å². The summed E-state index contributed by atoms with van der Waals surface area (Å²) in [7, 11) is 0. The molecule has 6 rings (SSSR count). The number of aryl methyl sites for hydroxylation is 2. The van der Waals surface area contributed by atoms with E-state index < -0.39 is 5.60 Å². The van der Waals surface area contributed by atoms with Crippen molar-refractivity contribution in [2.45, 2.75) is 19.4 Å². The molecule has 0 amide bonds. The molecule has 8 heteroatoms. The van der Waals surface area contributed by atoms with Crippen LogP contribution in [0, 0.1) is 13.8 Å². The lowest BCUT2D eigenvalue weighted by atomic mass is 9.83. The molecule has 2 aromatic carbocycles. The first-order valence-corrected chi connectivity index (χ1v) is 11.1. The zero-order chi connectivity index (χ0) is 24.2. The fourth-order valence-electron chi connectivity index (χ4n) is 4.72. The number of benzene rings is 2. The number of para-hydroxylation sites is 1. The Labute approximate surface area is 199 Å². The van der Waals surface area contributed by atoms with Crippen LogP contribution in [0.2, 0.25) is 0 Å². The maximum absolute atomic E-state index is 12.6. The van der Waals surface area contributed by atoms with Gasteiger partial charge in [-0.2, -0.15) is 0 Å². The molecule has 35 heavy (non-hydrogen) atoms. The Hall–Kier alpha value is -4.56. The number of hydrogen-bond donors (Lipinski definition) is 3. The lowest BCUT2D eigenvalue weighted by molar-refractivity contribution is 0.118. The van der Waals surface area contributed by atoms with Crippen molar-refractivity contribution in [3.63, 3.8) is 0 Å². The van der Waals surface area contributed by atoms with Gasteiger partial charge in [0.25, 0.3) is 0 Å². The molecule has 4 heterocycles. The molecular formula is C27H21N5O3. The molecule has 1 unspecified atom stereocenters. The van der Waals surface area contributed by atoms with Gasteiger partial charge in [-0.15, -0.1) is 0 Å². The van der Waals surface area contributed by atoms with Crippen molar-refractivity contribution in [2.24, 2.45) is 0 Å². The van der Waals surface area contributed by atoms with Crippen LogP contribution in [-0.4, -0.2) is 30.2 Å². The number of imidazole rings is 1. The van der Waals surface area contributed by atoms with Gasteiger partial charge in [-0.1, -0.05) is 35.5 Å². The predicted octanol–water partition coefficient (Wildman–Crippen LogP) is 4.36. The molecule has 0 spiro atoms. The molecule has 0 saturated carbocycles. The normalized spacial score (nSPS) is 13.3. The largest absolute Gasteiger partial charge is 0.373 e. The highest BCUT2D eigenvalue weighted by molar-refractivity contribution is 5.88. The van der Waals surface area contributed by atoms with Gasteiger partial charge >= 0.3 is 5.69 Å². The molecule has 172 valence electrons. The van der Waals surface area contributed by atoms with Crippen LogP contribution in [-0.2, 0) is 5.60 Å². The number of aliphatic hydroxyl groups is 1. The number of pyridine rings is 2. The van der Waals surface area contributed by atoms with Crippen LogP contribution < -0.4 is 5.69 Å². The first-order valence-electron chi connectivity index (χ1n) is 11.1. The van der Waals surface area contributed by atoms with Gasteiger partial charge in [-0.05, 0) is 55.8 Å². The van der Waals surface area contributed by atoms with Crippen molar-refractivity contribution >= 4 is 21.9 Å². The Balaban J connectivity index is 1.72. The Morgan fingerprint density at radius 2 is 1.77 bits per heavy atom. The smallest absolute Gasteiger partial charge is 0.323 e. The fraction of sp³-hybridized carbons (Fsp3) is 0.111. The molecule has 4 aromatic heterocycles. The third-order valence-corrected chi connectivity index (χ3v) is 6.34. The van der Waals surface area contributed by atoms with Gasteiger partial charge in [0.15, 0.2) is 5.60 Å². The number of rotatable bonds is 4. The van der Waals surface area contributed by atoms with Crippen molar-refractivity contribution in [3.05, 3.63) is 112 Å². The van der Waals surface area contributed by atoms with Crippen molar-refractivity contribution < 1.29 is 9.63 Å². The molecule has 0 aliphatic rings. The average Bonchev–Trinajstić information content (AvgIpc) is 3.43. The second kappa shape index (κ2) is 7.75. The summed E-state index contributed by atoms with van der Waals surface area (Å²) in [5.41, 5.74) is 3.03. The standard InChI is InChI=1S/C27H21N5O3/c1-15-24(16(2)35-32-15)18-13-19(25-21(14-18)30-26(33)31-25)27(34,22-9-5-6-12-28-22)23-11-10-17-7-3-4-8-20(17)29-23/h3-14,34H,1-2H3,(H2,30,31,33). The van der Waals surface area contributed by atoms with Crippen molar-refractivity contribution in [1.82, 2.24) is 25.1 Å². The third-order valence-electron chi connectivity index (χ3n) is 6.34. The SMILES string of the molecule is Cc1noc(C)c1-c1cc(C(O)(c2ccccn2)c2ccc3ccccc3n2)c2[nH]c(=O)[nH]c2c1. The predicted molar refractivity (Wildman–Crippen MR) is 132 cm³/mol. The first-order chi connectivity index (χ1) is 16.9. The van der Waals surface area contributed by atoms with Gasteiger partial charge in [0, 0.05) is 22.7 Å². The molecule has 0 fully saturated rings. The number of nitrogens with one attached hydrogen (secondary N) is 2. The third kappa shape index (κ3) is 3.26. The van der Waals surface area contributed by atoms with Crippen molar-refractivity contribution in [3.8, 4) is 11.1 Å². The number of hydrogen-bond acceptors (Lipinski definition) is 6. The van der Waals surface area contributed by atoms with Crippen LogP contribution in [0.15, 0.2) is 82.2 Å². The van der Waals surface area contributed by atoms with E-state index in [0.717, 1.165) is 22.0 Å². The lowest BCUT2D eigenvalue weighted by Gasteiger charge is -2.29. The van der Waals surface area contributed by atoms with E-state index in [1.807, 2.05) is 62.4 Å². The Bertz CT molecular complexity index is 1750. The summed E-state index contributed by atoms with van der Waals surface area (Å²) in [4.78, 5) is 27.4. The zero-order valence-electron chi connectivity index (χ0n) is 19.0. The fourth-order valence-corrected chi connectivity index (χ4v) is 4.72. The molecule has 0 aliphatic heterocycles. The monoisotopic (exact) mass is 463 g/mol. The van der Waals surface area contributed by atoms with E-state index in [1.165, 1.54) is 0 Å². The summed E-state index contributed by atoms with van der Waals surface area (Å²) < 4.78 is 5.39. The Morgan fingerprint density at radius 3 is 2.54 bits per heavy atom. The maximum Gasteiger partial charge on any atom is 0.323 e.